The first-order valence-corrected chi connectivity index (χ1v) is 7.74. The molecule has 22 heavy (non-hydrogen) atoms. The molecule has 0 saturated carbocycles. The fourth-order valence-electron chi connectivity index (χ4n) is 2.88. The van der Waals surface area contributed by atoms with Gasteiger partial charge in [-0.2, -0.15) is 0 Å². The molecule has 0 radical (unpaired) electrons. The third-order valence-electron chi connectivity index (χ3n) is 4.04. The standard InChI is InChI=1S/C20H21NO/c22-14-13-20(17-8-2-1-3-9-17)21-15-18-11-6-10-16-7-4-5-12-19(16)18/h1-12,20-22H,13-15H2. The van der Waals surface area contributed by atoms with Crippen molar-refractivity contribution in [2.45, 2.75) is 19.0 Å². The molecule has 3 aromatic carbocycles. The molecule has 2 N–H and O–H groups in total. The van der Waals surface area contributed by atoms with Crippen LogP contribution < -0.4 is 5.32 Å². The Hall–Kier alpha value is -2.16. The Morgan fingerprint density at radius 2 is 1.55 bits per heavy atom. The molecule has 0 heterocycles. The van der Waals surface area contributed by atoms with Gasteiger partial charge < -0.3 is 10.4 Å². The monoisotopic (exact) mass is 291 g/mol. The van der Waals surface area contributed by atoms with Crippen molar-refractivity contribution in [2.75, 3.05) is 6.61 Å². The smallest absolute Gasteiger partial charge is 0.0449 e. The Morgan fingerprint density at radius 3 is 2.36 bits per heavy atom. The molecule has 1 unspecified atom stereocenters. The lowest BCUT2D eigenvalue weighted by atomic mass is 10.0. The molecule has 0 saturated heterocycles. The number of hydrogen-bond donors (Lipinski definition) is 2. The van der Waals surface area contributed by atoms with Gasteiger partial charge in [0.05, 0.1) is 0 Å². The fourth-order valence-corrected chi connectivity index (χ4v) is 2.88. The predicted molar refractivity (Wildman–Crippen MR) is 91.7 cm³/mol. The predicted octanol–water partition coefficient (Wildman–Crippen LogP) is 4.05. The lowest BCUT2D eigenvalue weighted by Gasteiger charge is -2.19. The molecule has 3 aromatic rings. The summed E-state index contributed by atoms with van der Waals surface area (Å²) in [5.41, 5.74) is 2.51. The Bertz CT molecular complexity index is 719. The zero-order chi connectivity index (χ0) is 15.2. The Morgan fingerprint density at radius 1 is 0.818 bits per heavy atom. The van der Waals surface area contributed by atoms with E-state index in [1.54, 1.807) is 0 Å². The van der Waals surface area contributed by atoms with Gasteiger partial charge in [-0.25, -0.2) is 0 Å². The number of nitrogens with one attached hydrogen (secondary N) is 1. The van der Waals surface area contributed by atoms with E-state index in [0.29, 0.717) is 0 Å². The molecule has 1 atom stereocenters. The van der Waals surface area contributed by atoms with Gasteiger partial charge in [0.1, 0.15) is 0 Å². The highest BCUT2D eigenvalue weighted by molar-refractivity contribution is 5.85. The Labute approximate surface area is 131 Å². The molecule has 112 valence electrons. The minimum absolute atomic E-state index is 0.171. The number of fused-ring (bicyclic) bond motifs is 1. The second-order valence-electron chi connectivity index (χ2n) is 5.49. The van der Waals surface area contributed by atoms with E-state index in [2.05, 4.69) is 59.9 Å². The zero-order valence-corrected chi connectivity index (χ0v) is 12.6. The van der Waals surface area contributed by atoms with Crippen LogP contribution in [0, 0.1) is 0 Å². The highest BCUT2D eigenvalue weighted by Gasteiger charge is 2.10. The van der Waals surface area contributed by atoms with Gasteiger partial charge in [-0.05, 0) is 28.3 Å². The van der Waals surface area contributed by atoms with E-state index >= 15 is 0 Å². The van der Waals surface area contributed by atoms with Crippen molar-refractivity contribution in [1.29, 1.82) is 0 Å². The molecule has 0 spiro atoms. The second-order valence-corrected chi connectivity index (χ2v) is 5.49. The van der Waals surface area contributed by atoms with Crippen LogP contribution in [0.25, 0.3) is 10.8 Å². The lowest BCUT2D eigenvalue weighted by molar-refractivity contribution is 0.265. The molecule has 3 rings (SSSR count). The largest absolute Gasteiger partial charge is 0.396 e. The van der Waals surface area contributed by atoms with Crippen molar-refractivity contribution >= 4 is 10.8 Å². The van der Waals surface area contributed by atoms with Crippen molar-refractivity contribution in [1.82, 2.24) is 5.32 Å². The van der Waals surface area contributed by atoms with Gasteiger partial charge in [0.2, 0.25) is 0 Å². The van der Waals surface area contributed by atoms with Crippen molar-refractivity contribution < 1.29 is 5.11 Å². The van der Waals surface area contributed by atoms with Crippen LogP contribution in [0.15, 0.2) is 72.8 Å². The van der Waals surface area contributed by atoms with Gasteiger partial charge in [-0.1, -0.05) is 72.8 Å². The van der Waals surface area contributed by atoms with Crippen LogP contribution in [0.5, 0.6) is 0 Å². The van der Waals surface area contributed by atoms with Crippen LogP contribution in [-0.2, 0) is 6.54 Å². The Balaban J connectivity index is 1.79. The van der Waals surface area contributed by atoms with E-state index < -0.39 is 0 Å². The Kier molecular flexibility index (Phi) is 4.84. The van der Waals surface area contributed by atoms with Crippen molar-refractivity contribution in [3.8, 4) is 0 Å². The van der Waals surface area contributed by atoms with Crippen LogP contribution in [0.4, 0.5) is 0 Å². The maximum Gasteiger partial charge on any atom is 0.0449 e. The van der Waals surface area contributed by atoms with Crippen LogP contribution in [-0.4, -0.2) is 11.7 Å². The fraction of sp³-hybridized carbons (Fsp3) is 0.200. The van der Waals surface area contributed by atoms with Gasteiger partial charge in [0.25, 0.3) is 0 Å². The van der Waals surface area contributed by atoms with E-state index in [1.165, 1.54) is 21.9 Å². The summed E-state index contributed by atoms with van der Waals surface area (Å²) in [5, 5.41) is 15.5. The number of benzene rings is 3. The molecule has 0 amide bonds. The van der Waals surface area contributed by atoms with Crippen molar-refractivity contribution in [3.05, 3.63) is 83.9 Å². The number of rotatable bonds is 6. The summed E-state index contributed by atoms with van der Waals surface area (Å²) in [6.45, 7) is 0.975. The zero-order valence-electron chi connectivity index (χ0n) is 12.6. The van der Waals surface area contributed by atoms with Crippen LogP contribution >= 0.6 is 0 Å². The van der Waals surface area contributed by atoms with Crippen LogP contribution in [0.1, 0.15) is 23.6 Å². The van der Waals surface area contributed by atoms with Crippen molar-refractivity contribution in [3.63, 3.8) is 0 Å². The first-order chi connectivity index (χ1) is 10.9. The molecule has 0 aliphatic rings. The quantitative estimate of drug-likeness (QED) is 0.718. The first-order valence-electron chi connectivity index (χ1n) is 7.74. The molecule has 0 fully saturated rings. The van der Waals surface area contributed by atoms with Crippen LogP contribution in [0.3, 0.4) is 0 Å². The molecule has 0 aliphatic heterocycles. The van der Waals surface area contributed by atoms with Gasteiger partial charge in [0, 0.05) is 19.2 Å². The SMILES string of the molecule is OCCC(NCc1cccc2ccccc12)c1ccccc1. The van der Waals surface area contributed by atoms with E-state index in [0.717, 1.165) is 13.0 Å². The first kappa shape index (κ1) is 14.8. The molecular weight excluding hydrogens is 270 g/mol. The highest BCUT2D eigenvalue weighted by Crippen LogP contribution is 2.21. The van der Waals surface area contributed by atoms with Gasteiger partial charge in [0.15, 0.2) is 0 Å². The molecular formula is C20H21NO. The summed E-state index contributed by atoms with van der Waals surface area (Å²) in [6, 6.07) is 25.3. The molecule has 2 nitrogen and oxygen atoms in total. The van der Waals surface area contributed by atoms with Gasteiger partial charge in [-0.3, -0.25) is 0 Å². The normalized spacial score (nSPS) is 12.4. The van der Waals surface area contributed by atoms with E-state index in [9.17, 15) is 5.11 Å². The summed E-state index contributed by atoms with van der Waals surface area (Å²) in [5.74, 6) is 0. The summed E-state index contributed by atoms with van der Waals surface area (Å²) < 4.78 is 0. The minimum Gasteiger partial charge on any atom is -0.396 e. The third-order valence-corrected chi connectivity index (χ3v) is 4.04. The average molecular weight is 291 g/mol. The molecule has 0 bridgehead atoms. The highest BCUT2D eigenvalue weighted by atomic mass is 16.3. The summed E-state index contributed by atoms with van der Waals surface area (Å²) in [7, 11) is 0. The summed E-state index contributed by atoms with van der Waals surface area (Å²) in [6.07, 6.45) is 0.717. The number of hydrogen-bond acceptors (Lipinski definition) is 2. The lowest BCUT2D eigenvalue weighted by Crippen LogP contribution is -2.22. The molecule has 2 heteroatoms. The van der Waals surface area contributed by atoms with E-state index in [1.807, 2.05) is 18.2 Å². The second kappa shape index (κ2) is 7.21. The topological polar surface area (TPSA) is 32.3 Å². The van der Waals surface area contributed by atoms with Crippen LogP contribution in [0.2, 0.25) is 0 Å². The third kappa shape index (κ3) is 3.35. The van der Waals surface area contributed by atoms with E-state index in [-0.39, 0.29) is 12.6 Å². The maximum atomic E-state index is 9.33. The average Bonchev–Trinajstić information content (AvgIpc) is 2.59. The summed E-state index contributed by atoms with van der Waals surface area (Å²) in [4.78, 5) is 0. The van der Waals surface area contributed by atoms with E-state index in [4.69, 9.17) is 0 Å². The molecule has 0 aliphatic carbocycles. The number of aliphatic hydroxyl groups is 1. The van der Waals surface area contributed by atoms with Crippen molar-refractivity contribution in [2.24, 2.45) is 0 Å². The maximum absolute atomic E-state index is 9.33. The molecule has 0 aromatic heterocycles. The van der Waals surface area contributed by atoms with Gasteiger partial charge in [-0.15, -0.1) is 0 Å². The minimum atomic E-state index is 0.171. The van der Waals surface area contributed by atoms with Gasteiger partial charge >= 0.3 is 0 Å². The summed E-state index contributed by atoms with van der Waals surface area (Å²) >= 11 is 0. The number of aliphatic hydroxyl groups excluding tert-OH is 1.